The lowest BCUT2D eigenvalue weighted by molar-refractivity contribution is 0.0996. The van der Waals surface area contributed by atoms with Crippen LogP contribution in [0.15, 0.2) is 58.8 Å². The molecule has 0 bridgehead atoms. The van der Waals surface area contributed by atoms with Gasteiger partial charge in [0.15, 0.2) is 0 Å². The second-order valence-electron chi connectivity index (χ2n) is 10.6. The number of sulfonamides is 1. The highest BCUT2D eigenvalue weighted by Gasteiger charge is 2.29. The van der Waals surface area contributed by atoms with Crippen LogP contribution < -0.4 is 10.9 Å². The van der Waals surface area contributed by atoms with Crippen molar-refractivity contribution in [3.8, 4) is 28.2 Å². The molecule has 1 saturated carbocycles. The van der Waals surface area contributed by atoms with Gasteiger partial charge in [0.05, 0.1) is 21.8 Å². The molecule has 4 N–H and O–H groups in total. The van der Waals surface area contributed by atoms with Gasteiger partial charge in [-0.05, 0) is 80.1 Å². The molecule has 6 rings (SSSR count). The van der Waals surface area contributed by atoms with Crippen molar-refractivity contribution in [2.45, 2.75) is 37.5 Å². The van der Waals surface area contributed by atoms with E-state index in [1.807, 2.05) is 19.1 Å². The number of benzene rings is 2. The quantitative estimate of drug-likeness (QED) is 0.219. The van der Waals surface area contributed by atoms with Crippen LogP contribution in [0.25, 0.3) is 16.4 Å². The zero-order valence-corrected chi connectivity index (χ0v) is 25.8. The van der Waals surface area contributed by atoms with Crippen molar-refractivity contribution in [3.05, 3.63) is 103 Å². The van der Waals surface area contributed by atoms with E-state index in [0.717, 1.165) is 46.0 Å². The molecule has 0 aliphatic heterocycles. The van der Waals surface area contributed by atoms with Crippen LogP contribution in [0.2, 0.25) is 0 Å². The summed E-state index contributed by atoms with van der Waals surface area (Å²) in [4.78, 5) is 17.5. The Morgan fingerprint density at radius 2 is 1.89 bits per heavy atom. The van der Waals surface area contributed by atoms with Gasteiger partial charge in [-0.3, -0.25) is 4.79 Å². The third-order valence-corrected chi connectivity index (χ3v) is 9.86. The number of hydrogen-bond acceptors (Lipinski definition) is 7. The summed E-state index contributed by atoms with van der Waals surface area (Å²) in [5.41, 5.74) is 8.85. The Morgan fingerprint density at radius 1 is 1.09 bits per heavy atom. The van der Waals surface area contributed by atoms with E-state index in [0.29, 0.717) is 34.3 Å². The molecule has 0 radical (unpaired) electrons. The van der Waals surface area contributed by atoms with Gasteiger partial charge >= 0.3 is 0 Å². The number of aromatic nitrogens is 3. The summed E-state index contributed by atoms with van der Waals surface area (Å²) in [6.07, 6.45) is 2.87. The second-order valence-corrected chi connectivity index (χ2v) is 14.2. The fraction of sp³-hybridized carbons (Fsp3) is 0.194. The summed E-state index contributed by atoms with van der Waals surface area (Å²) in [6.45, 7) is 1.97. The fourth-order valence-corrected chi connectivity index (χ4v) is 6.93. The van der Waals surface area contributed by atoms with Crippen molar-refractivity contribution >= 4 is 38.6 Å². The van der Waals surface area contributed by atoms with Crippen LogP contribution in [0, 0.1) is 36.3 Å². The molecule has 1 aliphatic rings. The minimum Gasteiger partial charge on any atom is -0.364 e. The molecule has 1 aliphatic carbocycles. The lowest BCUT2D eigenvalue weighted by Gasteiger charge is -2.10. The van der Waals surface area contributed by atoms with Crippen molar-refractivity contribution in [3.63, 3.8) is 0 Å². The molecule has 0 spiro atoms. The number of rotatable bonds is 8. The molecular weight excluding hydrogens is 625 g/mol. The van der Waals surface area contributed by atoms with Gasteiger partial charge in [0.2, 0.25) is 15.2 Å². The minimum atomic E-state index is -4.24. The van der Waals surface area contributed by atoms with Crippen LogP contribution in [-0.2, 0) is 22.9 Å². The third kappa shape index (κ3) is 6.34. The maximum absolute atomic E-state index is 14.9. The Morgan fingerprint density at radius 3 is 2.52 bits per heavy atom. The smallest absolute Gasteiger partial charge is 0.268 e. The molecule has 1 amide bonds. The monoisotopic (exact) mass is 649 g/mol. The number of thiazole rings is 1. The molecule has 1 fully saturated rings. The van der Waals surface area contributed by atoms with E-state index in [2.05, 4.69) is 16.8 Å². The first-order valence-corrected chi connectivity index (χ1v) is 16.8. The average Bonchev–Trinajstić information content (AvgIpc) is 3.31. The molecule has 3 heterocycles. The van der Waals surface area contributed by atoms with Gasteiger partial charge in [0.1, 0.15) is 22.2 Å². The molecule has 8 nitrogen and oxygen atoms in total. The Bertz CT molecular complexity index is 2100. The van der Waals surface area contributed by atoms with E-state index in [4.69, 9.17) is 16.0 Å². The number of halogens is 2. The van der Waals surface area contributed by atoms with E-state index < -0.39 is 32.5 Å². The summed E-state index contributed by atoms with van der Waals surface area (Å²) >= 11 is 2.72. The average molecular weight is 650 g/mol. The number of nitrogens with zero attached hydrogens (tertiary/aromatic N) is 3. The maximum atomic E-state index is 14.9. The van der Waals surface area contributed by atoms with Crippen LogP contribution in [-0.4, -0.2) is 29.1 Å². The van der Waals surface area contributed by atoms with E-state index in [-0.39, 0.29) is 17.7 Å². The fourth-order valence-electron chi connectivity index (χ4n) is 4.83. The molecule has 0 saturated heterocycles. The van der Waals surface area contributed by atoms with Gasteiger partial charge in [0.25, 0.3) is 5.91 Å². The molecule has 0 atom stereocenters. The van der Waals surface area contributed by atoms with E-state index >= 15 is 0 Å². The SMILES string of the molecule is Cc1ccc(C#Cc2cc(-c3nn(-c4nc(C(N)=O)cs4)c(CC4CC4)c3Cc3ccc(S(N)(=O)=O)c(F)c3)ccc2F)s1. The predicted molar refractivity (Wildman–Crippen MR) is 165 cm³/mol. The summed E-state index contributed by atoms with van der Waals surface area (Å²) in [5.74, 6) is 4.24. The van der Waals surface area contributed by atoms with Gasteiger partial charge in [-0.15, -0.1) is 22.7 Å². The zero-order valence-electron chi connectivity index (χ0n) is 23.3. The molecule has 0 unspecified atom stereocenters. The van der Waals surface area contributed by atoms with Crippen LogP contribution in [0.3, 0.4) is 0 Å². The van der Waals surface area contributed by atoms with Crippen molar-refractivity contribution in [2.24, 2.45) is 16.8 Å². The Balaban J connectivity index is 1.51. The van der Waals surface area contributed by atoms with E-state index in [9.17, 15) is 22.0 Å². The first-order chi connectivity index (χ1) is 21.0. The van der Waals surface area contributed by atoms with Crippen LogP contribution in [0.4, 0.5) is 8.78 Å². The molecule has 3 aromatic heterocycles. The van der Waals surface area contributed by atoms with Gasteiger partial charge < -0.3 is 5.73 Å². The molecular formula is C31H25F2N5O3S3. The number of primary amides is 1. The number of carbonyl (C=O) groups excluding carboxylic acids is 1. The largest absolute Gasteiger partial charge is 0.364 e. The zero-order chi connectivity index (χ0) is 31.2. The van der Waals surface area contributed by atoms with Crippen LogP contribution in [0.5, 0.6) is 0 Å². The first kappa shape index (κ1) is 29.8. The van der Waals surface area contributed by atoms with Crippen molar-refractivity contribution < 1.29 is 22.0 Å². The molecule has 44 heavy (non-hydrogen) atoms. The van der Waals surface area contributed by atoms with E-state index in [1.165, 1.54) is 34.8 Å². The topological polar surface area (TPSA) is 134 Å². The predicted octanol–water partition coefficient (Wildman–Crippen LogP) is 5.33. The minimum absolute atomic E-state index is 0.102. The van der Waals surface area contributed by atoms with Crippen molar-refractivity contribution in [2.75, 3.05) is 0 Å². The van der Waals surface area contributed by atoms with Crippen LogP contribution in [0.1, 0.15) is 55.5 Å². The standard InChI is InChI=1S/C31H25F2N5O3S3/c1-17-2-8-22(43-17)9-6-20-15-21(7-10-24(20)32)29-23(12-19-5-11-28(25(33)13-19)44(35,40)41)27(14-18-3-4-18)38(37-29)31-36-26(16-42-31)30(34)39/h2,5,7-8,10-11,13,15-16,18H,3-4,12,14H2,1H3,(H2,34,39)(H2,35,40,41). The number of amides is 1. The number of carbonyl (C=O) groups is 1. The van der Waals surface area contributed by atoms with Crippen LogP contribution >= 0.6 is 22.7 Å². The lowest BCUT2D eigenvalue weighted by atomic mass is 9.96. The Labute approximate surface area is 260 Å². The summed E-state index contributed by atoms with van der Waals surface area (Å²) in [7, 11) is -4.24. The van der Waals surface area contributed by atoms with E-state index in [1.54, 1.807) is 22.2 Å². The van der Waals surface area contributed by atoms with Crippen molar-refractivity contribution in [1.82, 2.24) is 14.8 Å². The lowest BCUT2D eigenvalue weighted by Crippen LogP contribution is -2.14. The highest BCUT2D eigenvalue weighted by atomic mass is 32.2. The first-order valence-electron chi connectivity index (χ1n) is 13.5. The second kappa shape index (κ2) is 11.7. The third-order valence-electron chi connectivity index (χ3n) is 7.18. The number of thiophene rings is 1. The number of primary sulfonamides is 1. The van der Waals surface area contributed by atoms with Gasteiger partial charge in [-0.2, -0.15) is 5.10 Å². The summed E-state index contributed by atoms with van der Waals surface area (Å²) in [5, 5.41) is 12.1. The van der Waals surface area contributed by atoms with Gasteiger partial charge in [-0.25, -0.2) is 32.0 Å². The number of nitrogens with two attached hydrogens (primary N) is 2. The highest BCUT2D eigenvalue weighted by molar-refractivity contribution is 7.89. The summed E-state index contributed by atoms with van der Waals surface area (Å²) < 4.78 is 55.1. The maximum Gasteiger partial charge on any atom is 0.268 e. The molecule has 2 aromatic carbocycles. The Hall–Kier alpha value is -4.22. The van der Waals surface area contributed by atoms with Crippen molar-refractivity contribution in [1.29, 1.82) is 0 Å². The normalized spacial score (nSPS) is 13.1. The molecule has 13 heteroatoms. The number of aryl methyl sites for hydroxylation is 1. The summed E-state index contributed by atoms with van der Waals surface area (Å²) in [6, 6.07) is 12.2. The van der Waals surface area contributed by atoms with Gasteiger partial charge in [0, 0.05) is 27.8 Å². The van der Waals surface area contributed by atoms with Gasteiger partial charge in [-0.1, -0.05) is 17.9 Å². The Kier molecular flexibility index (Phi) is 7.93. The molecule has 224 valence electrons. The highest BCUT2D eigenvalue weighted by Crippen LogP contribution is 2.38. The molecule has 5 aromatic rings. The number of hydrogen-bond donors (Lipinski definition) is 2.